The van der Waals surface area contributed by atoms with Crippen molar-refractivity contribution in [1.29, 1.82) is 0 Å². The molecule has 0 saturated carbocycles. The Morgan fingerprint density at radius 3 is 2.26 bits per heavy atom. The van der Waals surface area contributed by atoms with Crippen LogP contribution < -0.4 is 34.9 Å². The molecule has 0 unspecified atom stereocenters. The first-order valence-electron chi connectivity index (χ1n) is 8.27. The third-order valence-corrected chi connectivity index (χ3v) is 5.47. The number of hydrogen-bond donors (Lipinski definition) is 1. The summed E-state index contributed by atoms with van der Waals surface area (Å²) < 4.78 is 34.1. The number of benzene rings is 2. The summed E-state index contributed by atoms with van der Waals surface area (Å²) in [5.74, 6) is 0. The van der Waals surface area contributed by atoms with E-state index in [-0.39, 0.29) is 50.2 Å². The Morgan fingerprint density at radius 1 is 1.04 bits per heavy atom. The quantitative estimate of drug-likeness (QED) is 0.351. The van der Waals surface area contributed by atoms with E-state index in [1.165, 1.54) is 24.3 Å². The van der Waals surface area contributed by atoms with Crippen molar-refractivity contribution in [3.8, 4) is 0 Å². The third kappa shape index (κ3) is 7.81. The van der Waals surface area contributed by atoms with E-state index in [0.717, 1.165) is 24.9 Å². The molecule has 0 aliphatic heterocycles. The molecule has 0 radical (unpaired) electrons. The van der Waals surface area contributed by atoms with Crippen LogP contribution in [0.3, 0.4) is 0 Å². The average molecular weight is 439 g/mol. The molecule has 142 valence electrons. The van der Waals surface area contributed by atoms with Crippen molar-refractivity contribution < 1.29 is 42.7 Å². The third-order valence-electron chi connectivity index (χ3n) is 3.57. The Labute approximate surface area is 193 Å². The first-order valence-corrected chi connectivity index (χ1v) is 10.5. The summed E-state index contributed by atoms with van der Waals surface area (Å²) in [4.78, 5) is 0.0582. The summed E-state index contributed by atoms with van der Waals surface area (Å²) in [6.45, 7) is 3.21. The maximum atomic E-state index is 12.4. The molecule has 0 heterocycles. The van der Waals surface area contributed by atoms with E-state index in [0.29, 0.717) is 13.3 Å². The molecule has 0 amide bonds. The van der Waals surface area contributed by atoms with Gasteiger partial charge in [0, 0.05) is 22.3 Å². The molecule has 9 heteroatoms. The zero-order valence-corrected chi connectivity index (χ0v) is 19.7. The second-order valence-corrected chi connectivity index (χ2v) is 8.02. The van der Waals surface area contributed by atoms with Crippen LogP contribution in [-0.4, -0.2) is 21.8 Å². The number of ether oxygens (including phenoxy) is 1. The van der Waals surface area contributed by atoms with E-state index < -0.39 is 10.0 Å². The molecule has 0 atom stereocenters. The number of sulfonamides is 1. The smallest absolute Gasteiger partial charge is 0.570 e. The number of halogens is 2. The van der Waals surface area contributed by atoms with E-state index in [9.17, 15) is 8.42 Å². The van der Waals surface area contributed by atoms with Gasteiger partial charge in [0.1, 0.15) is 16.8 Å². The number of hydrogen-bond acceptors (Lipinski definition) is 4. The molecule has 5 nitrogen and oxygen atoms in total. The summed E-state index contributed by atoms with van der Waals surface area (Å²) in [7, 11) is -3.91. The van der Waals surface area contributed by atoms with E-state index in [4.69, 9.17) is 27.9 Å². The predicted octanol–water partition coefficient (Wildman–Crippen LogP) is 2.97. The van der Waals surface area contributed by atoms with Crippen LogP contribution in [0.15, 0.2) is 47.4 Å². The van der Waals surface area contributed by atoms with Gasteiger partial charge in [-0.25, -0.2) is 8.42 Å². The molecule has 1 N–H and O–H groups in total. The predicted molar refractivity (Wildman–Crippen MR) is 107 cm³/mol. The van der Waals surface area contributed by atoms with Crippen LogP contribution in [0.1, 0.15) is 26.2 Å². The van der Waals surface area contributed by atoms with Crippen LogP contribution in [0.5, 0.6) is 0 Å². The van der Waals surface area contributed by atoms with Crippen molar-refractivity contribution >= 4 is 44.6 Å². The van der Waals surface area contributed by atoms with Crippen molar-refractivity contribution in [1.82, 2.24) is 0 Å². The van der Waals surface area contributed by atoms with Gasteiger partial charge >= 0.3 is 29.6 Å². The fourth-order valence-corrected chi connectivity index (χ4v) is 3.76. The Kier molecular flexibility index (Phi) is 11.1. The number of rotatable bonds is 10. The van der Waals surface area contributed by atoms with Crippen molar-refractivity contribution in [3.63, 3.8) is 0 Å². The van der Waals surface area contributed by atoms with Crippen LogP contribution in [0.4, 0.5) is 11.4 Å². The molecule has 0 saturated heterocycles. The second-order valence-electron chi connectivity index (χ2n) is 5.60. The monoisotopic (exact) mass is 438 g/mol. The maximum Gasteiger partial charge on any atom is 1.00 e. The molecular formula is C18H21Cl2N2NaO3S. The van der Waals surface area contributed by atoms with E-state index in [1.807, 2.05) is 0 Å². The van der Waals surface area contributed by atoms with Gasteiger partial charge < -0.3 is 14.8 Å². The molecule has 0 bridgehead atoms. The van der Waals surface area contributed by atoms with Gasteiger partial charge in [0.05, 0.1) is 4.90 Å². The van der Waals surface area contributed by atoms with Crippen LogP contribution >= 0.6 is 23.2 Å². The zero-order valence-electron chi connectivity index (χ0n) is 15.4. The van der Waals surface area contributed by atoms with Crippen molar-refractivity contribution in [2.45, 2.75) is 31.1 Å². The van der Waals surface area contributed by atoms with Crippen LogP contribution in [0.2, 0.25) is 10.0 Å². The first-order chi connectivity index (χ1) is 12.4. The Hall–Kier alpha value is -0.470. The van der Waals surface area contributed by atoms with Gasteiger partial charge in [-0.15, -0.1) is 0 Å². The minimum Gasteiger partial charge on any atom is -0.570 e. The van der Waals surface area contributed by atoms with Gasteiger partial charge in [0.25, 0.3) is 0 Å². The summed E-state index contributed by atoms with van der Waals surface area (Å²) in [6, 6.07) is 11.0. The average Bonchev–Trinajstić information content (AvgIpc) is 2.62. The van der Waals surface area contributed by atoms with Gasteiger partial charge in [0.15, 0.2) is 0 Å². The molecule has 0 fully saturated rings. The second kappa shape index (κ2) is 12.2. The summed E-state index contributed by atoms with van der Waals surface area (Å²) in [5, 5.41) is 3.44. The molecule has 0 aliphatic carbocycles. The molecule has 2 aromatic carbocycles. The largest absolute Gasteiger partial charge is 1.00 e. The summed E-state index contributed by atoms with van der Waals surface area (Å²) in [6.07, 6.45) is 3.32. The topological polar surface area (TPSA) is 69.5 Å². The number of unbranched alkanes of at least 4 members (excludes halogenated alkanes) is 2. The zero-order chi connectivity index (χ0) is 19.0. The molecule has 0 aromatic heterocycles. The fraction of sp³-hybridized carbons (Fsp3) is 0.333. The minimum absolute atomic E-state index is 0. The number of anilines is 1. The van der Waals surface area contributed by atoms with Gasteiger partial charge in [-0.3, -0.25) is 0 Å². The van der Waals surface area contributed by atoms with Gasteiger partial charge in [-0.2, -0.15) is 0 Å². The van der Waals surface area contributed by atoms with Gasteiger partial charge in [-0.1, -0.05) is 54.7 Å². The normalized spacial score (nSPS) is 10.9. The minimum atomic E-state index is -3.91. The van der Waals surface area contributed by atoms with Crippen LogP contribution in [0.25, 0.3) is 4.72 Å². The molecule has 0 aliphatic rings. The number of nitrogens with zero attached hydrogens (tertiary/aromatic N) is 1. The SMILES string of the molecule is CCCCCOCNc1ccc(S(=O)(=O)[N-]c2c(Cl)cccc2Cl)cc1.[Na+]. The maximum absolute atomic E-state index is 12.4. The molecule has 2 aromatic rings. The molecule has 0 spiro atoms. The van der Waals surface area contributed by atoms with E-state index >= 15 is 0 Å². The Morgan fingerprint density at radius 2 is 1.67 bits per heavy atom. The van der Waals surface area contributed by atoms with Crippen molar-refractivity contribution in [2.75, 3.05) is 18.7 Å². The van der Waals surface area contributed by atoms with Gasteiger partial charge in [-0.05, 0) is 42.8 Å². The van der Waals surface area contributed by atoms with Gasteiger partial charge in [0.2, 0.25) is 0 Å². The fourth-order valence-electron chi connectivity index (χ4n) is 2.15. The van der Waals surface area contributed by atoms with Crippen molar-refractivity contribution in [2.24, 2.45) is 0 Å². The molecule has 27 heavy (non-hydrogen) atoms. The van der Waals surface area contributed by atoms with E-state index in [2.05, 4.69) is 17.0 Å². The standard InChI is InChI=1S/C18H21Cl2N2O3S.Na/c1-2-3-4-12-25-13-21-14-8-10-15(11-9-14)26(23,24)22-18-16(19)6-5-7-17(18)20;/h5-11,21H,2-4,12-13H2,1H3;/q-1;+1. The Balaban J connectivity index is 0.00000364. The van der Waals surface area contributed by atoms with E-state index in [1.54, 1.807) is 18.2 Å². The van der Waals surface area contributed by atoms with Crippen LogP contribution in [0, 0.1) is 0 Å². The summed E-state index contributed by atoms with van der Waals surface area (Å²) >= 11 is 12.0. The summed E-state index contributed by atoms with van der Waals surface area (Å²) in [5.41, 5.74) is 0.800. The van der Waals surface area contributed by atoms with Crippen molar-refractivity contribution in [3.05, 3.63) is 57.2 Å². The Bertz CT molecular complexity index is 798. The molecule has 2 rings (SSSR count). The first kappa shape index (κ1) is 24.6. The molecular weight excluding hydrogens is 418 g/mol. The number of nitrogens with one attached hydrogen (secondary N) is 1. The van der Waals surface area contributed by atoms with Crippen LogP contribution in [-0.2, 0) is 14.8 Å².